The first kappa shape index (κ1) is 10.8. The van der Waals surface area contributed by atoms with Gasteiger partial charge in [-0.05, 0) is 19.1 Å². The highest BCUT2D eigenvalue weighted by Gasteiger charge is 2.06. The summed E-state index contributed by atoms with van der Waals surface area (Å²) in [5.41, 5.74) is 2.23. The summed E-state index contributed by atoms with van der Waals surface area (Å²) in [6, 6.07) is 6.21. The van der Waals surface area contributed by atoms with E-state index in [1.807, 2.05) is 48.5 Å². The molecule has 0 fully saturated rings. The molecule has 1 N–H and O–H groups in total. The smallest absolute Gasteiger partial charge is 0.0945 e. The summed E-state index contributed by atoms with van der Waals surface area (Å²) >= 11 is 0. The normalized spacial score (nSPS) is 12.6. The molecular formula is C12H16N4. The fourth-order valence-corrected chi connectivity index (χ4v) is 1.55. The molecule has 0 aromatic carbocycles. The van der Waals surface area contributed by atoms with Crippen LogP contribution in [0.2, 0.25) is 0 Å². The Kier molecular flexibility index (Phi) is 3.31. The molecule has 84 valence electrons. The van der Waals surface area contributed by atoms with Gasteiger partial charge in [-0.25, -0.2) is 4.98 Å². The van der Waals surface area contributed by atoms with Crippen LogP contribution in [0.15, 0.2) is 36.9 Å². The summed E-state index contributed by atoms with van der Waals surface area (Å²) < 4.78 is 2.01. The molecule has 0 amide bonds. The number of aromatic nitrogens is 3. The maximum absolute atomic E-state index is 4.32. The molecule has 16 heavy (non-hydrogen) atoms. The first-order valence-electron chi connectivity index (χ1n) is 5.37. The average Bonchev–Trinajstić information content (AvgIpc) is 2.73. The largest absolute Gasteiger partial charge is 0.337 e. The first-order valence-corrected chi connectivity index (χ1v) is 5.37. The van der Waals surface area contributed by atoms with Crippen molar-refractivity contribution < 1.29 is 0 Å². The van der Waals surface area contributed by atoms with Crippen molar-refractivity contribution in [3.05, 3.63) is 48.3 Å². The Bertz CT molecular complexity index is 435. The Hall–Kier alpha value is -1.68. The fourth-order valence-electron chi connectivity index (χ4n) is 1.55. The van der Waals surface area contributed by atoms with Gasteiger partial charge in [0.05, 0.1) is 17.7 Å². The zero-order chi connectivity index (χ0) is 11.4. The standard InChI is InChI=1S/C12H16N4/c1-10(12-5-3-4-6-14-12)15-8-11-7-13-9-16(11)2/h3-7,9-10,15H,8H2,1-2H3. The Balaban J connectivity index is 1.94. The average molecular weight is 216 g/mol. The maximum Gasteiger partial charge on any atom is 0.0945 e. The first-order chi connectivity index (χ1) is 7.77. The van der Waals surface area contributed by atoms with Gasteiger partial charge in [-0.3, -0.25) is 4.98 Å². The van der Waals surface area contributed by atoms with Crippen LogP contribution in [0.1, 0.15) is 24.4 Å². The number of hydrogen-bond acceptors (Lipinski definition) is 3. The van der Waals surface area contributed by atoms with E-state index in [-0.39, 0.29) is 6.04 Å². The molecule has 0 spiro atoms. The number of nitrogens with zero attached hydrogens (tertiary/aromatic N) is 3. The van der Waals surface area contributed by atoms with Gasteiger partial charge in [0, 0.05) is 32.0 Å². The minimum atomic E-state index is 0.246. The molecule has 0 saturated carbocycles. The van der Waals surface area contributed by atoms with Gasteiger partial charge >= 0.3 is 0 Å². The number of aryl methyl sites for hydroxylation is 1. The summed E-state index contributed by atoms with van der Waals surface area (Å²) in [5.74, 6) is 0. The molecule has 1 unspecified atom stereocenters. The Labute approximate surface area is 95.4 Å². The molecule has 4 nitrogen and oxygen atoms in total. The SMILES string of the molecule is CC(NCc1cncn1C)c1ccccn1. The number of imidazole rings is 1. The molecule has 2 rings (SSSR count). The summed E-state index contributed by atoms with van der Waals surface area (Å²) in [6.45, 7) is 2.91. The van der Waals surface area contributed by atoms with E-state index in [0.717, 1.165) is 12.2 Å². The van der Waals surface area contributed by atoms with Crippen LogP contribution >= 0.6 is 0 Å². The van der Waals surface area contributed by atoms with Gasteiger partial charge in [-0.2, -0.15) is 0 Å². The number of rotatable bonds is 4. The second-order valence-corrected chi connectivity index (χ2v) is 3.85. The summed E-state index contributed by atoms with van der Waals surface area (Å²) in [6.07, 6.45) is 5.50. The predicted molar refractivity (Wildman–Crippen MR) is 62.7 cm³/mol. The summed E-state index contributed by atoms with van der Waals surface area (Å²) in [4.78, 5) is 8.40. The van der Waals surface area contributed by atoms with E-state index in [9.17, 15) is 0 Å². The highest BCUT2D eigenvalue weighted by Crippen LogP contribution is 2.08. The van der Waals surface area contributed by atoms with Gasteiger partial charge in [-0.15, -0.1) is 0 Å². The predicted octanol–water partition coefficient (Wildman–Crippen LogP) is 1.67. The van der Waals surface area contributed by atoms with Crippen molar-refractivity contribution in [3.63, 3.8) is 0 Å². The van der Waals surface area contributed by atoms with Crippen LogP contribution in [0.5, 0.6) is 0 Å². The Morgan fingerprint density at radius 1 is 1.44 bits per heavy atom. The number of nitrogens with one attached hydrogen (secondary N) is 1. The number of pyridine rings is 1. The zero-order valence-electron chi connectivity index (χ0n) is 9.59. The van der Waals surface area contributed by atoms with Gasteiger partial charge < -0.3 is 9.88 Å². The molecule has 0 bridgehead atoms. The van der Waals surface area contributed by atoms with Crippen molar-refractivity contribution in [2.75, 3.05) is 0 Å². The third-order valence-corrected chi connectivity index (χ3v) is 2.64. The van der Waals surface area contributed by atoms with Gasteiger partial charge in [0.1, 0.15) is 0 Å². The van der Waals surface area contributed by atoms with E-state index in [0.29, 0.717) is 0 Å². The Morgan fingerprint density at radius 2 is 2.31 bits per heavy atom. The van der Waals surface area contributed by atoms with Crippen LogP contribution in [0.4, 0.5) is 0 Å². The molecular weight excluding hydrogens is 200 g/mol. The van der Waals surface area contributed by atoms with Gasteiger partial charge in [-0.1, -0.05) is 6.07 Å². The third-order valence-electron chi connectivity index (χ3n) is 2.64. The van der Waals surface area contributed by atoms with Gasteiger partial charge in [0.2, 0.25) is 0 Å². The second-order valence-electron chi connectivity index (χ2n) is 3.85. The van der Waals surface area contributed by atoms with Gasteiger partial charge in [0.25, 0.3) is 0 Å². The van der Waals surface area contributed by atoms with Crippen molar-refractivity contribution >= 4 is 0 Å². The van der Waals surface area contributed by atoms with E-state index in [1.165, 1.54) is 5.69 Å². The topological polar surface area (TPSA) is 42.7 Å². The fraction of sp³-hybridized carbons (Fsp3) is 0.333. The maximum atomic E-state index is 4.32. The summed E-state index contributed by atoms with van der Waals surface area (Å²) in [5, 5.41) is 3.42. The lowest BCUT2D eigenvalue weighted by atomic mass is 10.2. The van der Waals surface area contributed by atoms with E-state index < -0.39 is 0 Å². The van der Waals surface area contributed by atoms with Crippen LogP contribution in [-0.4, -0.2) is 14.5 Å². The molecule has 2 aromatic rings. The quantitative estimate of drug-likeness (QED) is 0.845. The third kappa shape index (κ3) is 2.46. The van der Waals surface area contributed by atoms with Crippen molar-refractivity contribution in [2.24, 2.45) is 7.05 Å². The van der Waals surface area contributed by atoms with Crippen LogP contribution in [0.3, 0.4) is 0 Å². The lowest BCUT2D eigenvalue weighted by Gasteiger charge is -2.13. The number of hydrogen-bond donors (Lipinski definition) is 1. The summed E-state index contributed by atoms with van der Waals surface area (Å²) in [7, 11) is 2.00. The van der Waals surface area contributed by atoms with E-state index in [1.54, 1.807) is 0 Å². The molecule has 0 aliphatic rings. The van der Waals surface area contributed by atoms with Crippen LogP contribution < -0.4 is 5.32 Å². The van der Waals surface area contributed by atoms with Crippen LogP contribution in [0.25, 0.3) is 0 Å². The molecule has 0 saturated heterocycles. The van der Waals surface area contributed by atoms with Crippen molar-refractivity contribution in [3.8, 4) is 0 Å². The van der Waals surface area contributed by atoms with Gasteiger partial charge in [0.15, 0.2) is 0 Å². The van der Waals surface area contributed by atoms with Crippen molar-refractivity contribution in [1.29, 1.82) is 0 Å². The van der Waals surface area contributed by atoms with E-state index in [4.69, 9.17) is 0 Å². The monoisotopic (exact) mass is 216 g/mol. The minimum absolute atomic E-state index is 0.246. The lowest BCUT2D eigenvalue weighted by molar-refractivity contribution is 0.546. The molecule has 1 atom stereocenters. The molecule has 4 heteroatoms. The van der Waals surface area contributed by atoms with E-state index >= 15 is 0 Å². The van der Waals surface area contributed by atoms with Crippen molar-refractivity contribution in [1.82, 2.24) is 19.9 Å². The van der Waals surface area contributed by atoms with Crippen LogP contribution in [0, 0.1) is 0 Å². The second kappa shape index (κ2) is 4.90. The van der Waals surface area contributed by atoms with E-state index in [2.05, 4.69) is 22.2 Å². The highest BCUT2D eigenvalue weighted by atomic mass is 15.1. The molecule has 2 aromatic heterocycles. The minimum Gasteiger partial charge on any atom is -0.337 e. The molecule has 2 heterocycles. The lowest BCUT2D eigenvalue weighted by Crippen LogP contribution is -2.20. The molecule has 0 radical (unpaired) electrons. The Morgan fingerprint density at radius 3 is 2.94 bits per heavy atom. The highest BCUT2D eigenvalue weighted by molar-refractivity contribution is 5.08. The van der Waals surface area contributed by atoms with Crippen molar-refractivity contribution in [2.45, 2.75) is 19.5 Å². The zero-order valence-corrected chi connectivity index (χ0v) is 9.59. The van der Waals surface area contributed by atoms with Crippen LogP contribution in [-0.2, 0) is 13.6 Å². The molecule has 0 aliphatic heterocycles. The molecule has 0 aliphatic carbocycles.